The zero-order chi connectivity index (χ0) is 18.6. The molecule has 0 aliphatic carbocycles. The summed E-state index contributed by atoms with van der Waals surface area (Å²) in [5, 5.41) is 0. The van der Waals surface area contributed by atoms with Crippen molar-refractivity contribution in [2.24, 2.45) is 0 Å². The Labute approximate surface area is 151 Å². The molecule has 1 atom stereocenters. The van der Waals surface area contributed by atoms with Crippen LogP contribution < -0.4 is 4.90 Å². The van der Waals surface area contributed by atoms with E-state index in [1.54, 1.807) is 11.2 Å². The summed E-state index contributed by atoms with van der Waals surface area (Å²) in [6.45, 7) is 14.2. The SMILES string of the molecule is CCC(CC)c1cc(N2CCN(C(=O)OC(C)(C)C)C[C@@H]2C)ncn1. The Balaban J connectivity index is 2.06. The van der Waals surface area contributed by atoms with Gasteiger partial charge in [-0.25, -0.2) is 14.8 Å². The maximum Gasteiger partial charge on any atom is 0.410 e. The Morgan fingerprint density at radius 1 is 1.28 bits per heavy atom. The lowest BCUT2D eigenvalue weighted by Gasteiger charge is -2.40. The molecular formula is C19H32N4O2. The maximum absolute atomic E-state index is 12.3. The van der Waals surface area contributed by atoms with Gasteiger partial charge in [-0.3, -0.25) is 0 Å². The summed E-state index contributed by atoms with van der Waals surface area (Å²) >= 11 is 0. The van der Waals surface area contributed by atoms with Gasteiger partial charge in [-0.05, 0) is 40.5 Å². The first-order valence-electron chi connectivity index (χ1n) is 9.31. The van der Waals surface area contributed by atoms with Gasteiger partial charge in [-0.1, -0.05) is 13.8 Å². The van der Waals surface area contributed by atoms with Gasteiger partial charge in [0.25, 0.3) is 0 Å². The van der Waals surface area contributed by atoms with Crippen molar-refractivity contribution in [2.75, 3.05) is 24.5 Å². The number of hydrogen-bond donors (Lipinski definition) is 0. The average Bonchev–Trinajstić information content (AvgIpc) is 2.54. The molecule has 1 aliphatic rings. The van der Waals surface area contributed by atoms with E-state index in [-0.39, 0.29) is 12.1 Å². The van der Waals surface area contributed by atoms with E-state index in [0.717, 1.165) is 30.9 Å². The molecule has 25 heavy (non-hydrogen) atoms. The van der Waals surface area contributed by atoms with Crippen LogP contribution in [-0.2, 0) is 4.74 Å². The van der Waals surface area contributed by atoms with E-state index in [4.69, 9.17) is 4.74 Å². The molecule has 2 rings (SSSR count). The molecule has 6 heteroatoms. The minimum Gasteiger partial charge on any atom is -0.444 e. The first kappa shape index (κ1) is 19.5. The average molecular weight is 348 g/mol. The van der Waals surface area contributed by atoms with Crippen molar-refractivity contribution in [3.8, 4) is 0 Å². The largest absolute Gasteiger partial charge is 0.444 e. The maximum atomic E-state index is 12.3. The third-order valence-corrected chi connectivity index (χ3v) is 4.65. The zero-order valence-electron chi connectivity index (χ0n) is 16.5. The normalized spacial score (nSPS) is 18.6. The van der Waals surface area contributed by atoms with Crippen LogP contribution in [0.15, 0.2) is 12.4 Å². The number of ether oxygens (including phenoxy) is 1. The van der Waals surface area contributed by atoms with Crippen molar-refractivity contribution in [1.82, 2.24) is 14.9 Å². The van der Waals surface area contributed by atoms with Crippen molar-refractivity contribution in [1.29, 1.82) is 0 Å². The van der Waals surface area contributed by atoms with Crippen LogP contribution in [0.5, 0.6) is 0 Å². The van der Waals surface area contributed by atoms with Gasteiger partial charge in [0.05, 0.1) is 0 Å². The Hall–Kier alpha value is -1.85. The molecule has 1 aromatic rings. The Bertz CT molecular complexity index is 581. The van der Waals surface area contributed by atoms with Crippen molar-refractivity contribution in [2.45, 2.75) is 71.9 Å². The molecule has 0 aromatic carbocycles. The number of anilines is 1. The summed E-state index contributed by atoms with van der Waals surface area (Å²) < 4.78 is 5.49. The molecule has 0 spiro atoms. The van der Waals surface area contributed by atoms with E-state index < -0.39 is 5.60 Å². The van der Waals surface area contributed by atoms with Crippen molar-refractivity contribution >= 4 is 11.9 Å². The molecule has 1 aliphatic heterocycles. The number of nitrogens with zero attached hydrogens (tertiary/aromatic N) is 4. The molecule has 6 nitrogen and oxygen atoms in total. The molecule has 1 amide bonds. The van der Waals surface area contributed by atoms with Crippen LogP contribution in [0.4, 0.5) is 10.6 Å². The highest BCUT2D eigenvalue weighted by Gasteiger charge is 2.30. The van der Waals surface area contributed by atoms with E-state index in [0.29, 0.717) is 19.0 Å². The van der Waals surface area contributed by atoms with E-state index in [2.05, 4.69) is 41.7 Å². The van der Waals surface area contributed by atoms with Gasteiger partial charge in [-0.15, -0.1) is 0 Å². The van der Waals surface area contributed by atoms with Crippen molar-refractivity contribution < 1.29 is 9.53 Å². The van der Waals surface area contributed by atoms with Crippen LogP contribution in [0.1, 0.15) is 66.0 Å². The van der Waals surface area contributed by atoms with Gasteiger partial charge in [0.15, 0.2) is 0 Å². The fraction of sp³-hybridized carbons (Fsp3) is 0.737. The van der Waals surface area contributed by atoms with Crippen molar-refractivity contribution in [3.63, 3.8) is 0 Å². The van der Waals surface area contributed by atoms with Crippen LogP contribution in [0.3, 0.4) is 0 Å². The fourth-order valence-corrected chi connectivity index (χ4v) is 3.24. The monoisotopic (exact) mass is 348 g/mol. The van der Waals surface area contributed by atoms with Crippen LogP contribution in [0.2, 0.25) is 0 Å². The molecule has 1 fully saturated rings. The minimum absolute atomic E-state index is 0.186. The fourth-order valence-electron chi connectivity index (χ4n) is 3.24. The standard InChI is InChI=1S/C19H32N4O2/c1-7-15(8-2)16-11-17(21-13-20-16)23-10-9-22(12-14(23)3)18(24)25-19(4,5)6/h11,13-15H,7-10,12H2,1-6H3/t14-/m0/s1. The van der Waals surface area contributed by atoms with Crippen LogP contribution >= 0.6 is 0 Å². The highest BCUT2D eigenvalue weighted by atomic mass is 16.6. The molecular weight excluding hydrogens is 316 g/mol. The third kappa shape index (κ3) is 5.06. The second-order valence-electron chi connectivity index (χ2n) is 7.78. The summed E-state index contributed by atoms with van der Waals surface area (Å²) in [6, 6.07) is 2.29. The zero-order valence-corrected chi connectivity index (χ0v) is 16.5. The number of aromatic nitrogens is 2. The van der Waals surface area contributed by atoms with Gasteiger partial charge in [0.2, 0.25) is 0 Å². The van der Waals surface area contributed by atoms with E-state index in [1.807, 2.05) is 20.8 Å². The van der Waals surface area contributed by atoms with E-state index in [1.165, 1.54) is 0 Å². The number of carbonyl (C=O) groups excluding carboxylic acids is 1. The highest BCUT2D eigenvalue weighted by Crippen LogP contribution is 2.25. The van der Waals surface area contributed by atoms with Gasteiger partial charge in [0.1, 0.15) is 17.7 Å². The van der Waals surface area contributed by atoms with E-state index in [9.17, 15) is 4.79 Å². The number of amides is 1. The Kier molecular flexibility index (Phi) is 6.25. The summed E-state index contributed by atoms with van der Waals surface area (Å²) in [5.41, 5.74) is 0.644. The van der Waals surface area contributed by atoms with Crippen LogP contribution in [0, 0.1) is 0 Å². The molecule has 2 heterocycles. The lowest BCUT2D eigenvalue weighted by Crippen LogP contribution is -2.54. The topological polar surface area (TPSA) is 58.6 Å². The molecule has 0 radical (unpaired) electrons. The van der Waals surface area contributed by atoms with E-state index >= 15 is 0 Å². The van der Waals surface area contributed by atoms with Gasteiger partial charge < -0.3 is 14.5 Å². The molecule has 0 saturated carbocycles. The number of carbonyl (C=O) groups is 1. The molecule has 1 aromatic heterocycles. The molecule has 0 unspecified atom stereocenters. The quantitative estimate of drug-likeness (QED) is 0.828. The van der Waals surface area contributed by atoms with Gasteiger partial charge >= 0.3 is 6.09 Å². The first-order valence-corrected chi connectivity index (χ1v) is 9.31. The summed E-state index contributed by atoms with van der Waals surface area (Å²) in [5.74, 6) is 1.42. The predicted octanol–water partition coefficient (Wildman–Crippen LogP) is 3.83. The Morgan fingerprint density at radius 3 is 2.52 bits per heavy atom. The summed E-state index contributed by atoms with van der Waals surface area (Å²) in [6.07, 6.45) is 3.58. The second kappa shape index (κ2) is 8.02. The number of hydrogen-bond acceptors (Lipinski definition) is 5. The Morgan fingerprint density at radius 2 is 1.96 bits per heavy atom. The minimum atomic E-state index is -0.464. The number of rotatable bonds is 4. The van der Waals surface area contributed by atoms with Gasteiger partial charge in [-0.2, -0.15) is 0 Å². The summed E-state index contributed by atoms with van der Waals surface area (Å²) in [4.78, 5) is 25.3. The lowest BCUT2D eigenvalue weighted by molar-refractivity contribution is 0.0218. The smallest absolute Gasteiger partial charge is 0.410 e. The molecule has 1 saturated heterocycles. The molecule has 0 N–H and O–H groups in total. The molecule has 140 valence electrons. The first-order chi connectivity index (χ1) is 11.7. The van der Waals surface area contributed by atoms with Crippen LogP contribution in [-0.4, -0.2) is 52.2 Å². The lowest BCUT2D eigenvalue weighted by atomic mass is 9.99. The predicted molar refractivity (Wildman–Crippen MR) is 100.0 cm³/mol. The second-order valence-corrected chi connectivity index (χ2v) is 7.78. The van der Waals surface area contributed by atoms with Crippen molar-refractivity contribution in [3.05, 3.63) is 18.1 Å². The highest BCUT2D eigenvalue weighted by molar-refractivity contribution is 5.68. The van der Waals surface area contributed by atoms with Crippen LogP contribution in [0.25, 0.3) is 0 Å². The summed E-state index contributed by atoms with van der Waals surface area (Å²) in [7, 11) is 0. The molecule has 0 bridgehead atoms. The van der Waals surface area contributed by atoms with Gasteiger partial charge in [0, 0.05) is 43.4 Å². The third-order valence-electron chi connectivity index (χ3n) is 4.65. The number of piperazine rings is 1.